The van der Waals surface area contributed by atoms with Crippen LogP contribution < -0.4 is 10.1 Å². The maximum atomic E-state index is 12.9. The smallest absolute Gasteiger partial charge is 0.434 e. The highest BCUT2D eigenvalue weighted by atomic mass is 32.1. The Morgan fingerprint density at radius 2 is 2.03 bits per heavy atom. The average molecular weight is 543 g/mol. The van der Waals surface area contributed by atoms with Crippen molar-refractivity contribution in [2.45, 2.75) is 32.4 Å². The Bertz CT molecular complexity index is 1200. The lowest BCUT2D eigenvalue weighted by molar-refractivity contribution is -0.141. The number of nitrogens with zero attached hydrogens (tertiary/aromatic N) is 5. The van der Waals surface area contributed by atoms with Gasteiger partial charge in [0.15, 0.2) is 5.69 Å². The second kappa shape index (κ2) is 11.4. The molecule has 1 aliphatic rings. The maximum absolute atomic E-state index is 12.9. The zero-order valence-corrected chi connectivity index (χ0v) is 20.5. The van der Waals surface area contributed by atoms with Gasteiger partial charge < -0.3 is 10.1 Å². The lowest BCUT2D eigenvalue weighted by Gasteiger charge is -2.15. The summed E-state index contributed by atoms with van der Waals surface area (Å²) in [5, 5.41) is 2.74. The van der Waals surface area contributed by atoms with Crippen LogP contribution in [-0.4, -0.2) is 62.8 Å². The minimum Gasteiger partial charge on any atom is -0.477 e. The second-order valence-electron chi connectivity index (χ2n) is 8.59. The zero-order chi connectivity index (χ0) is 26.6. The number of rotatable bonds is 9. The lowest BCUT2D eigenvalue weighted by Crippen LogP contribution is -2.27. The molecule has 8 nitrogen and oxygen atoms in total. The number of hydrogen-bond acceptors (Lipinski definition) is 8. The number of alkyl halides is 5. The molecule has 1 aliphatic heterocycles. The molecule has 0 unspecified atom stereocenters. The fraction of sp³-hybridized carbons (Fsp3) is 0.435. The standard InChI is InChI=1S/C23H23F5N6O2S/c1-13-21(17(37-33-13)6-16-8-30-18(9-29-16)23(26,27)28)22(35)32-15-2-3-20(31-7-15)36-12-14-4-5-34(10-14)11-19(24)25/h2-3,7-9,14,19H,4-6,10-12H2,1H3,(H,32,35)/t14-/m0/s1. The molecule has 1 N–H and O–H groups in total. The summed E-state index contributed by atoms with van der Waals surface area (Å²) in [6.45, 7) is 2.94. The Kier molecular flexibility index (Phi) is 8.27. The van der Waals surface area contributed by atoms with E-state index < -0.39 is 24.2 Å². The van der Waals surface area contributed by atoms with E-state index in [-0.39, 0.29) is 24.6 Å². The van der Waals surface area contributed by atoms with E-state index in [0.29, 0.717) is 53.6 Å². The molecule has 4 heterocycles. The molecule has 0 spiro atoms. The SMILES string of the molecule is Cc1nsc(Cc2cnc(C(F)(F)F)cn2)c1C(=O)Nc1ccc(OC[C@H]2CCN(CC(F)F)C2)nc1. The Morgan fingerprint density at radius 3 is 2.68 bits per heavy atom. The molecule has 0 radical (unpaired) electrons. The quantitative estimate of drug-likeness (QED) is 0.399. The summed E-state index contributed by atoms with van der Waals surface area (Å²) in [6, 6.07) is 3.22. The molecule has 37 heavy (non-hydrogen) atoms. The number of carbonyl (C=O) groups is 1. The van der Waals surface area contributed by atoms with Gasteiger partial charge in [-0.25, -0.2) is 18.7 Å². The van der Waals surface area contributed by atoms with Crippen LogP contribution in [0.3, 0.4) is 0 Å². The number of aryl methyl sites for hydroxylation is 1. The van der Waals surface area contributed by atoms with E-state index in [4.69, 9.17) is 4.74 Å². The number of ether oxygens (including phenoxy) is 1. The van der Waals surface area contributed by atoms with Gasteiger partial charge in [0.25, 0.3) is 12.3 Å². The number of aromatic nitrogens is 4. The molecule has 1 fully saturated rings. The predicted octanol–water partition coefficient (Wildman–Crippen LogP) is 4.46. The summed E-state index contributed by atoms with van der Waals surface area (Å²) in [5.74, 6) is 0.0451. The number of halogens is 5. The molecule has 3 aromatic heterocycles. The highest BCUT2D eigenvalue weighted by Crippen LogP contribution is 2.28. The zero-order valence-electron chi connectivity index (χ0n) is 19.6. The van der Waals surface area contributed by atoms with E-state index >= 15 is 0 Å². The summed E-state index contributed by atoms with van der Waals surface area (Å²) in [7, 11) is 0. The van der Waals surface area contributed by atoms with Crippen LogP contribution in [0.2, 0.25) is 0 Å². The van der Waals surface area contributed by atoms with Crippen molar-refractivity contribution in [1.82, 2.24) is 24.2 Å². The lowest BCUT2D eigenvalue weighted by atomic mass is 10.1. The first-order valence-corrected chi connectivity index (χ1v) is 12.1. The van der Waals surface area contributed by atoms with Gasteiger partial charge in [-0.3, -0.25) is 14.7 Å². The molecule has 1 atom stereocenters. The number of nitrogens with one attached hydrogen (secondary N) is 1. The van der Waals surface area contributed by atoms with Crippen molar-refractivity contribution in [3.63, 3.8) is 0 Å². The van der Waals surface area contributed by atoms with Gasteiger partial charge in [0, 0.05) is 36.0 Å². The highest BCUT2D eigenvalue weighted by molar-refractivity contribution is 7.06. The molecular weight excluding hydrogens is 519 g/mol. The molecule has 1 saturated heterocycles. The van der Waals surface area contributed by atoms with Crippen LogP contribution in [-0.2, 0) is 12.6 Å². The van der Waals surface area contributed by atoms with Crippen LogP contribution in [0.5, 0.6) is 5.88 Å². The molecular formula is C23H23F5N6O2S. The van der Waals surface area contributed by atoms with Crippen LogP contribution >= 0.6 is 11.5 Å². The van der Waals surface area contributed by atoms with E-state index in [1.54, 1.807) is 24.0 Å². The van der Waals surface area contributed by atoms with Gasteiger partial charge in [-0.15, -0.1) is 0 Å². The van der Waals surface area contributed by atoms with E-state index in [1.165, 1.54) is 6.20 Å². The predicted molar refractivity (Wildman–Crippen MR) is 125 cm³/mol. The largest absolute Gasteiger partial charge is 0.477 e. The molecule has 0 bridgehead atoms. The van der Waals surface area contributed by atoms with Crippen molar-refractivity contribution in [3.8, 4) is 5.88 Å². The number of anilines is 1. The average Bonchev–Trinajstić information content (AvgIpc) is 3.43. The molecule has 3 aromatic rings. The molecule has 0 aromatic carbocycles. The van der Waals surface area contributed by atoms with Crippen LogP contribution in [0.1, 0.15) is 38.7 Å². The van der Waals surface area contributed by atoms with Gasteiger partial charge in [0.05, 0.1) is 48.2 Å². The summed E-state index contributed by atoms with van der Waals surface area (Å²) >= 11 is 1.06. The minimum absolute atomic E-state index is 0.0976. The number of hydrogen-bond donors (Lipinski definition) is 1. The van der Waals surface area contributed by atoms with Crippen LogP contribution in [0.25, 0.3) is 0 Å². The first-order chi connectivity index (χ1) is 17.6. The summed E-state index contributed by atoms with van der Waals surface area (Å²) in [5.41, 5.74) is 0.372. The minimum atomic E-state index is -4.58. The van der Waals surface area contributed by atoms with Crippen molar-refractivity contribution >= 4 is 23.1 Å². The van der Waals surface area contributed by atoms with Crippen LogP contribution in [0, 0.1) is 12.8 Å². The topological polar surface area (TPSA) is 93.1 Å². The normalized spacial score (nSPS) is 16.4. The fourth-order valence-corrected chi connectivity index (χ4v) is 4.81. The van der Waals surface area contributed by atoms with Gasteiger partial charge >= 0.3 is 6.18 Å². The maximum Gasteiger partial charge on any atom is 0.434 e. The monoisotopic (exact) mass is 542 g/mol. The van der Waals surface area contributed by atoms with Gasteiger partial charge in [-0.05, 0) is 37.5 Å². The van der Waals surface area contributed by atoms with E-state index in [2.05, 4.69) is 24.6 Å². The summed E-state index contributed by atoms with van der Waals surface area (Å²) < 4.78 is 73.1. The summed E-state index contributed by atoms with van der Waals surface area (Å²) in [6.07, 6.45) is -2.95. The third-order valence-electron chi connectivity index (χ3n) is 5.73. The Hall–Kier alpha value is -3.26. The Balaban J connectivity index is 1.33. The molecule has 198 valence electrons. The highest BCUT2D eigenvalue weighted by Gasteiger charge is 2.33. The Labute approximate surface area is 213 Å². The van der Waals surface area contributed by atoms with Gasteiger partial charge in [-0.1, -0.05) is 0 Å². The molecule has 14 heteroatoms. The third-order valence-corrected chi connectivity index (χ3v) is 6.66. The van der Waals surface area contributed by atoms with E-state index in [1.807, 2.05) is 0 Å². The molecule has 1 amide bonds. The van der Waals surface area contributed by atoms with Crippen molar-refractivity contribution < 1.29 is 31.5 Å². The van der Waals surface area contributed by atoms with Crippen molar-refractivity contribution in [3.05, 3.63) is 58.2 Å². The summed E-state index contributed by atoms with van der Waals surface area (Å²) in [4.78, 5) is 26.6. The third kappa shape index (κ3) is 7.16. The number of pyridine rings is 1. The van der Waals surface area contributed by atoms with Gasteiger partial charge in [-0.2, -0.15) is 17.5 Å². The van der Waals surface area contributed by atoms with E-state index in [9.17, 15) is 26.7 Å². The molecule has 0 saturated carbocycles. The number of amides is 1. The molecule has 4 rings (SSSR count). The first kappa shape index (κ1) is 26.8. The van der Waals surface area contributed by atoms with Crippen molar-refractivity contribution in [2.75, 3.05) is 31.6 Å². The van der Waals surface area contributed by atoms with Gasteiger partial charge in [0.2, 0.25) is 5.88 Å². The van der Waals surface area contributed by atoms with Crippen molar-refractivity contribution in [1.29, 1.82) is 0 Å². The van der Waals surface area contributed by atoms with Crippen LogP contribution in [0.15, 0.2) is 30.7 Å². The van der Waals surface area contributed by atoms with Gasteiger partial charge in [0.1, 0.15) is 0 Å². The van der Waals surface area contributed by atoms with E-state index in [0.717, 1.165) is 24.2 Å². The Morgan fingerprint density at radius 1 is 1.22 bits per heavy atom. The first-order valence-electron chi connectivity index (χ1n) is 11.3. The fourth-order valence-electron chi connectivity index (χ4n) is 3.93. The molecule has 0 aliphatic carbocycles. The van der Waals surface area contributed by atoms with Crippen molar-refractivity contribution in [2.24, 2.45) is 5.92 Å². The number of likely N-dealkylation sites (tertiary alicyclic amines) is 1. The van der Waals surface area contributed by atoms with Crippen LogP contribution in [0.4, 0.5) is 27.6 Å². The number of carbonyl (C=O) groups excluding carboxylic acids is 1. The second-order valence-corrected chi connectivity index (χ2v) is 9.45.